The van der Waals surface area contributed by atoms with Crippen LogP contribution in [0.15, 0.2) is 18.2 Å². The maximum absolute atomic E-state index is 5.87. The Morgan fingerprint density at radius 3 is 3.14 bits per heavy atom. The van der Waals surface area contributed by atoms with Gasteiger partial charge in [0.05, 0.1) is 10.2 Å². The van der Waals surface area contributed by atoms with Crippen LogP contribution in [0, 0.1) is 0 Å². The number of aromatic nitrogens is 1. The van der Waals surface area contributed by atoms with Crippen molar-refractivity contribution in [2.24, 2.45) is 5.73 Å². The summed E-state index contributed by atoms with van der Waals surface area (Å²) in [5, 5.41) is 4.78. The van der Waals surface area contributed by atoms with Crippen LogP contribution in [0.1, 0.15) is 0 Å². The van der Waals surface area contributed by atoms with Gasteiger partial charge in [0.25, 0.3) is 0 Å². The molecule has 0 saturated carbocycles. The average Bonchev–Trinajstić information content (AvgIpc) is 2.56. The van der Waals surface area contributed by atoms with E-state index in [1.54, 1.807) is 11.3 Å². The van der Waals surface area contributed by atoms with Crippen molar-refractivity contribution in [1.29, 1.82) is 0 Å². The van der Waals surface area contributed by atoms with E-state index in [2.05, 4.69) is 10.3 Å². The Labute approximate surface area is 90.9 Å². The fraction of sp³-hybridized carbons (Fsp3) is 0.222. The quantitative estimate of drug-likeness (QED) is 0.846. The zero-order chi connectivity index (χ0) is 9.97. The first kappa shape index (κ1) is 9.71. The molecule has 0 saturated heterocycles. The Morgan fingerprint density at radius 2 is 2.36 bits per heavy atom. The Morgan fingerprint density at radius 1 is 1.50 bits per heavy atom. The Balaban J connectivity index is 2.32. The van der Waals surface area contributed by atoms with Gasteiger partial charge in [-0.05, 0) is 18.2 Å². The van der Waals surface area contributed by atoms with Crippen LogP contribution >= 0.6 is 22.9 Å². The van der Waals surface area contributed by atoms with Gasteiger partial charge in [0.1, 0.15) is 0 Å². The van der Waals surface area contributed by atoms with Crippen LogP contribution in [0.4, 0.5) is 5.13 Å². The highest BCUT2D eigenvalue weighted by Gasteiger charge is 2.02. The molecule has 14 heavy (non-hydrogen) atoms. The summed E-state index contributed by atoms with van der Waals surface area (Å²) in [7, 11) is 0. The molecule has 5 heteroatoms. The molecule has 1 aromatic heterocycles. The first-order valence-electron chi connectivity index (χ1n) is 4.29. The van der Waals surface area contributed by atoms with E-state index in [1.165, 1.54) is 0 Å². The van der Waals surface area contributed by atoms with Crippen LogP contribution < -0.4 is 11.1 Å². The molecule has 0 aliphatic carbocycles. The predicted molar refractivity (Wildman–Crippen MR) is 62.2 cm³/mol. The molecule has 0 aliphatic rings. The van der Waals surface area contributed by atoms with Crippen molar-refractivity contribution >= 4 is 38.3 Å². The molecule has 0 radical (unpaired) electrons. The number of nitrogens with zero attached hydrogens (tertiary/aromatic N) is 1. The third-order valence-corrected chi connectivity index (χ3v) is 2.98. The van der Waals surface area contributed by atoms with Crippen molar-refractivity contribution < 1.29 is 0 Å². The standard InChI is InChI=1S/C9H10ClN3S/c10-6-1-2-7-8(5-6)14-9(13-7)12-4-3-11/h1-2,5H,3-4,11H2,(H,12,13). The number of rotatable bonds is 3. The first-order valence-corrected chi connectivity index (χ1v) is 5.49. The minimum Gasteiger partial charge on any atom is -0.360 e. The highest BCUT2D eigenvalue weighted by atomic mass is 35.5. The molecule has 1 aromatic carbocycles. The molecular formula is C9H10ClN3S. The molecule has 2 rings (SSSR count). The molecule has 74 valence electrons. The number of halogens is 1. The predicted octanol–water partition coefficient (Wildman–Crippen LogP) is 2.32. The van der Waals surface area contributed by atoms with Crippen molar-refractivity contribution in [3.05, 3.63) is 23.2 Å². The number of thiazole rings is 1. The van der Waals surface area contributed by atoms with Crippen LogP contribution in [0.25, 0.3) is 10.2 Å². The van der Waals surface area contributed by atoms with Gasteiger partial charge in [-0.25, -0.2) is 4.98 Å². The van der Waals surface area contributed by atoms with Crippen LogP contribution in [-0.4, -0.2) is 18.1 Å². The molecule has 1 heterocycles. The third kappa shape index (κ3) is 1.97. The number of anilines is 1. The third-order valence-electron chi connectivity index (χ3n) is 1.77. The van der Waals surface area contributed by atoms with Gasteiger partial charge in [-0.2, -0.15) is 0 Å². The van der Waals surface area contributed by atoms with Crippen LogP contribution in [0.3, 0.4) is 0 Å². The molecule has 0 bridgehead atoms. The van der Waals surface area contributed by atoms with Gasteiger partial charge in [-0.3, -0.25) is 0 Å². The summed E-state index contributed by atoms with van der Waals surface area (Å²) in [6.45, 7) is 1.35. The van der Waals surface area contributed by atoms with E-state index in [0.29, 0.717) is 6.54 Å². The summed E-state index contributed by atoms with van der Waals surface area (Å²) in [6, 6.07) is 5.68. The number of nitrogens with two attached hydrogens (primary N) is 1. The van der Waals surface area contributed by atoms with E-state index in [4.69, 9.17) is 17.3 Å². The second kappa shape index (κ2) is 4.13. The maximum atomic E-state index is 5.87. The second-order valence-corrected chi connectivity index (χ2v) is 4.31. The van der Waals surface area contributed by atoms with E-state index < -0.39 is 0 Å². The monoisotopic (exact) mass is 227 g/mol. The lowest BCUT2D eigenvalue weighted by Crippen LogP contribution is -2.12. The molecule has 3 nitrogen and oxygen atoms in total. The molecule has 0 fully saturated rings. The molecule has 0 atom stereocenters. The van der Waals surface area contributed by atoms with E-state index in [9.17, 15) is 0 Å². The lowest BCUT2D eigenvalue weighted by atomic mass is 10.3. The minimum atomic E-state index is 0.608. The van der Waals surface area contributed by atoms with Crippen molar-refractivity contribution in [2.75, 3.05) is 18.4 Å². The van der Waals surface area contributed by atoms with Gasteiger partial charge < -0.3 is 11.1 Å². The number of fused-ring (bicyclic) bond motifs is 1. The van der Waals surface area contributed by atoms with E-state index in [0.717, 1.165) is 26.9 Å². The van der Waals surface area contributed by atoms with E-state index in [-0.39, 0.29) is 0 Å². The summed E-state index contributed by atoms with van der Waals surface area (Å²) in [5.74, 6) is 0. The van der Waals surface area contributed by atoms with Gasteiger partial charge in [0.2, 0.25) is 0 Å². The van der Waals surface area contributed by atoms with Gasteiger partial charge in [0.15, 0.2) is 5.13 Å². The zero-order valence-corrected chi connectivity index (χ0v) is 9.03. The lowest BCUT2D eigenvalue weighted by molar-refractivity contribution is 1.02. The van der Waals surface area contributed by atoms with Gasteiger partial charge in [0, 0.05) is 18.1 Å². The van der Waals surface area contributed by atoms with Crippen LogP contribution in [-0.2, 0) is 0 Å². The number of hydrogen-bond acceptors (Lipinski definition) is 4. The highest BCUT2D eigenvalue weighted by Crippen LogP contribution is 2.27. The zero-order valence-electron chi connectivity index (χ0n) is 7.46. The van der Waals surface area contributed by atoms with Crippen LogP contribution in [0.2, 0.25) is 5.02 Å². The van der Waals surface area contributed by atoms with E-state index >= 15 is 0 Å². The van der Waals surface area contributed by atoms with Gasteiger partial charge >= 0.3 is 0 Å². The summed E-state index contributed by atoms with van der Waals surface area (Å²) >= 11 is 7.46. The van der Waals surface area contributed by atoms with Crippen molar-refractivity contribution in [1.82, 2.24) is 4.98 Å². The Kier molecular flexibility index (Phi) is 2.86. The average molecular weight is 228 g/mol. The van der Waals surface area contributed by atoms with Crippen molar-refractivity contribution in [3.63, 3.8) is 0 Å². The fourth-order valence-electron chi connectivity index (χ4n) is 1.15. The molecular weight excluding hydrogens is 218 g/mol. The molecule has 0 spiro atoms. The number of benzene rings is 1. The topological polar surface area (TPSA) is 50.9 Å². The SMILES string of the molecule is NCCNc1nc2ccc(Cl)cc2s1. The molecule has 0 unspecified atom stereocenters. The van der Waals surface area contributed by atoms with Gasteiger partial charge in [-0.15, -0.1) is 0 Å². The highest BCUT2D eigenvalue weighted by molar-refractivity contribution is 7.22. The minimum absolute atomic E-state index is 0.608. The Bertz CT molecular complexity index is 441. The van der Waals surface area contributed by atoms with E-state index in [1.807, 2.05) is 18.2 Å². The second-order valence-electron chi connectivity index (χ2n) is 2.85. The largest absolute Gasteiger partial charge is 0.360 e. The Hall–Kier alpha value is -0.840. The van der Waals surface area contributed by atoms with Gasteiger partial charge in [-0.1, -0.05) is 22.9 Å². The number of hydrogen-bond donors (Lipinski definition) is 2. The van der Waals surface area contributed by atoms with Crippen LogP contribution in [0.5, 0.6) is 0 Å². The summed E-state index contributed by atoms with van der Waals surface area (Å²) in [6.07, 6.45) is 0. The molecule has 2 aromatic rings. The molecule has 3 N–H and O–H groups in total. The maximum Gasteiger partial charge on any atom is 0.183 e. The first-order chi connectivity index (χ1) is 6.79. The fourth-order valence-corrected chi connectivity index (χ4v) is 2.32. The summed E-state index contributed by atoms with van der Waals surface area (Å²) in [4.78, 5) is 4.38. The van der Waals surface area contributed by atoms with Crippen molar-refractivity contribution in [2.45, 2.75) is 0 Å². The normalized spacial score (nSPS) is 10.7. The smallest absolute Gasteiger partial charge is 0.183 e. The molecule has 0 aliphatic heterocycles. The van der Waals surface area contributed by atoms with Crippen molar-refractivity contribution in [3.8, 4) is 0 Å². The summed E-state index contributed by atoms with van der Waals surface area (Å²) in [5.41, 5.74) is 6.36. The lowest BCUT2D eigenvalue weighted by Gasteiger charge is -1.95. The number of nitrogens with one attached hydrogen (secondary N) is 1. The molecule has 0 amide bonds. The summed E-state index contributed by atoms with van der Waals surface area (Å²) < 4.78 is 1.09.